The van der Waals surface area contributed by atoms with E-state index in [9.17, 15) is 9.59 Å². The van der Waals surface area contributed by atoms with Crippen LogP contribution in [0.25, 0.3) is 22.5 Å². The molecular formula is C22H25N5O4. The molecule has 2 amide bonds. The highest BCUT2D eigenvalue weighted by molar-refractivity contribution is 5.90. The second-order valence-electron chi connectivity index (χ2n) is 7.86. The molecule has 9 heteroatoms. The number of likely N-dealkylation sites (tertiary alicyclic amines) is 1. The topological polar surface area (TPSA) is 127 Å². The SMILES string of the molecule is CN1CCC(O)C1=O.Cc1c(-c2cccc(-c3ccon3)c2)nc(C(N)=O)n1C1CC1. The standard InChI is InChI=1S/C17H16N4O2.C5H9NO2/c1-10-15(19-17(16(18)22)21(10)13-5-6-13)12-4-2-3-11(9-12)14-7-8-23-20-14;1-6-3-2-4(7)5(6)8/h2-4,7-9,13H,5-6H2,1H3,(H2,18,22);4,7H,2-3H2,1H3. The summed E-state index contributed by atoms with van der Waals surface area (Å²) in [5.41, 5.74) is 9.90. The molecule has 1 aliphatic heterocycles. The van der Waals surface area contributed by atoms with Crippen LogP contribution in [0.2, 0.25) is 0 Å². The number of nitrogens with zero attached hydrogens (tertiary/aromatic N) is 4. The van der Waals surface area contributed by atoms with Crippen LogP contribution in [0.4, 0.5) is 0 Å². The normalized spacial score (nSPS) is 18.1. The molecule has 0 bridgehead atoms. The summed E-state index contributed by atoms with van der Waals surface area (Å²) in [6.45, 7) is 2.68. The summed E-state index contributed by atoms with van der Waals surface area (Å²) in [7, 11) is 1.69. The van der Waals surface area contributed by atoms with Gasteiger partial charge in [-0.1, -0.05) is 23.4 Å². The summed E-state index contributed by atoms with van der Waals surface area (Å²) in [4.78, 5) is 28.3. The van der Waals surface area contributed by atoms with Crippen LogP contribution in [0.5, 0.6) is 0 Å². The van der Waals surface area contributed by atoms with Crippen LogP contribution < -0.4 is 5.73 Å². The summed E-state index contributed by atoms with van der Waals surface area (Å²) in [5, 5.41) is 12.7. The zero-order valence-corrected chi connectivity index (χ0v) is 17.5. The number of likely N-dealkylation sites (N-methyl/N-ethyl adjacent to an activating group) is 1. The molecule has 1 aromatic carbocycles. The van der Waals surface area contributed by atoms with Crippen molar-refractivity contribution in [3.05, 3.63) is 48.1 Å². The van der Waals surface area contributed by atoms with Gasteiger partial charge in [0.2, 0.25) is 0 Å². The molecule has 0 radical (unpaired) electrons. The number of nitrogens with two attached hydrogens (primary N) is 1. The molecule has 3 aromatic rings. The molecule has 5 rings (SSSR count). The highest BCUT2D eigenvalue weighted by Crippen LogP contribution is 2.39. The molecule has 3 heterocycles. The molecule has 2 aromatic heterocycles. The van der Waals surface area contributed by atoms with Crippen LogP contribution in [0.15, 0.2) is 41.1 Å². The number of aromatic nitrogens is 3. The smallest absolute Gasteiger partial charge is 0.284 e. The van der Waals surface area contributed by atoms with Gasteiger partial charge in [-0.25, -0.2) is 4.98 Å². The maximum atomic E-state index is 11.7. The molecule has 2 fully saturated rings. The number of hydrogen-bond donors (Lipinski definition) is 2. The van der Waals surface area contributed by atoms with Gasteiger partial charge in [-0.15, -0.1) is 0 Å². The van der Waals surface area contributed by atoms with E-state index < -0.39 is 12.0 Å². The fraction of sp³-hybridized carbons (Fsp3) is 0.364. The van der Waals surface area contributed by atoms with Crippen molar-refractivity contribution >= 4 is 11.8 Å². The van der Waals surface area contributed by atoms with Crippen molar-refractivity contribution in [2.24, 2.45) is 5.73 Å². The van der Waals surface area contributed by atoms with Crippen LogP contribution in [-0.2, 0) is 4.79 Å². The van der Waals surface area contributed by atoms with Crippen LogP contribution in [0, 0.1) is 6.92 Å². The van der Waals surface area contributed by atoms with Crippen molar-refractivity contribution in [3.8, 4) is 22.5 Å². The number of hydrogen-bond acceptors (Lipinski definition) is 6. The van der Waals surface area contributed by atoms with E-state index >= 15 is 0 Å². The van der Waals surface area contributed by atoms with Crippen LogP contribution >= 0.6 is 0 Å². The molecule has 1 atom stereocenters. The van der Waals surface area contributed by atoms with E-state index in [-0.39, 0.29) is 5.91 Å². The number of primary amides is 1. The first kappa shape index (κ1) is 20.8. The molecule has 1 aliphatic carbocycles. The summed E-state index contributed by atoms with van der Waals surface area (Å²) >= 11 is 0. The third-order valence-corrected chi connectivity index (χ3v) is 5.55. The Hall–Kier alpha value is -3.46. The minimum Gasteiger partial charge on any atom is -0.383 e. The fourth-order valence-electron chi connectivity index (χ4n) is 3.73. The first-order valence-electron chi connectivity index (χ1n) is 10.2. The van der Waals surface area contributed by atoms with E-state index in [0.717, 1.165) is 41.1 Å². The van der Waals surface area contributed by atoms with Gasteiger partial charge < -0.3 is 24.8 Å². The third-order valence-electron chi connectivity index (χ3n) is 5.55. The van der Waals surface area contributed by atoms with Gasteiger partial charge in [0.25, 0.3) is 11.8 Å². The van der Waals surface area contributed by atoms with E-state index in [1.54, 1.807) is 13.3 Å². The average Bonchev–Trinajstić information content (AvgIpc) is 3.18. The Bertz CT molecular complexity index is 1090. The molecule has 9 nitrogen and oxygen atoms in total. The van der Waals surface area contributed by atoms with E-state index in [0.29, 0.717) is 24.8 Å². The first-order valence-corrected chi connectivity index (χ1v) is 10.2. The lowest BCUT2D eigenvalue weighted by Gasteiger charge is -2.06. The Balaban J connectivity index is 0.000000245. The number of aliphatic hydroxyl groups excluding tert-OH is 1. The Kier molecular flexibility index (Phi) is 5.60. The number of benzene rings is 1. The highest BCUT2D eigenvalue weighted by atomic mass is 16.5. The van der Waals surface area contributed by atoms with Crippen LogP contribution in [-0.4, -0.2) is 56.2 Å². The Morgan fingerprint density at radius 2 is 1.97 bits per heavy atom. The maximum absolute atomic E-state index is 11.7. The van der Waals surface area contributed by atoms with E-state index in [4.69, 9.17) is 15.4 Å². The van der Waals surface area contributed by atoms with Crippen molar-refractivity contribution < 1.29 is 19.2 Å². The molecular weight excluding hydrogens is 398 g/mol. The van der Waals surface area contributed by atoms with Crippen molar-refractivity contribution in [1.82, 2.24) is 19.6 Å². The van der Waals surface area contributed by atoms with Gasteiger partial charge in [0.15, 0.2) is 5.82 Å². The molecule has 31 heavy (non-hydrogen) atoms. The molecule has 1 saturated heterocycles. The van der Waals surface area contributed by atoms with E-state index in [1.807, 2.05) is 41.8 Å². The molecule has 162 valence electrons. The molecule has 1 unspecified atom stereocenters. The lowest BCUT2D eigenvalue weighted by atomic mass is 10.1. The zero-order valence-electron chi connectivity index (χ0n) is 17.5. The minimum atomic E-state index is -0.722. The minimum absolute atomic E-state index is 0.148. The molecule has 0 spiro atoms. The number of imidazole rings is 1. The van der Waals surface area contributed by atoms with Gasteiger partial charge in [0.05, 0.1) is 5.69 Å². The molecule has 2 aliphatic rings. The van der Waals surface area contributed by atoms with Gasteiger partial charge in [-0.3, -0.25) is 9.59 Å². The van der Waals surface area contributed by atoms with Crippen LogP contribution in [0.1, 0.15) is 41.6 Å². The van der Waals surface area contributed by atoms with E-state index in [2.05, 4.69) is 10.1 Å². The molecule has 1 saturated carbocycles. The lowest BCUT2D eigenvalue weighted by Crippen LogP contribution is -2.24. The predicted octanol–water partition coefficient (Wildman–Crippen LogP) is 2.16. The van der Waals surface area contributed by atoms with Gasteiger partial charge in [-0.2, -0.15) is 0 Å². The highest BCUT2D eigenvalue weighted by Gasteiger charge is 2.31. The summed E-state index contributed by atoms with van der Waals surface area (Å²) < 4.78 is 6.87. The largest absolute Gasteiger partial charge is 0.383 e. The Morgan fingerprint density at radius 3 is 2.48 bits per heavy atom. The number of carbonyl (C=O) groups is 2. The number of carbonyl (C=O) groups excluding carboxylic acids is 2. The third kappa shape index (κ3) is 4.22. The van der Waals surface area contributed by atoms with Gasteiger partial charge in [-0.05, 0) is 32.3 Å². The number of aliphatic hydroxyl groups is 1. The Morgan fingerprint density at radius 1 is 1.23 bits per heavy atom. The fourth-order valence-corrected chi connectivity index (χ4v) is 3.73. The first-order chi connectivity index (χ1) is 14.9. The molecule has 3 N–H and O–H groups in total. The monoisotopic (exact) mass is 423 g/mol. The van der Waals surface area contributed by atoms with E-state index in [1.165, 1.54) is 4.90 Å². The van der Waals surface area contributed by atoms with Crippen LogP contribution in [0.3, 0.4) is 0 Å². The second kappa shape index (κ2) is 8.35. The lowest BCUT2D eigenvalue weighted by molar-refractivity contribution is -0.133. The average molecular weight is 423 g/mol. The van der Waals surface area contributed by atoms with Gasteiger partial charge >= 0.3 is 0 Å². The predicted molar refractivity (Wildman–Crippen MR) is 113 cm³/mol. The number of rotatable bonds is 4. The van der Waals surface area contributed by atoms with Gasteiger partial charge in [0, 0.05) is 42.5 Å². The quantitative estimate of drug-likeness (QED) is 0.662. The maximum Gasteiger partial charge on any atom is 0.284 e. The summed E-state index contributed by atoms with van der Waals surface area (Å²) in [6.07, 6.45) is 3.54. The summed E-state index contributed by atoms with van der Waals surface area (Å²) in [6, 6.07) is 10.0. The van der Waals surface area contributed by atoms with Gasteiger partial charge in [0.1, 0.15) is 18.1 Å². The van der Waals surface area contributed by atoms with Crippen molar-refractivity contribution in [3.63, 3.8) is 0 Å². The summed E-state index contributed by atoms with van der Waals surface area (Å²) in [5.74, 6) is -0.296. The van der Waals surface area contributed by atoms with Crippen molar-refractivity contribution in [2.75, 3.05) is 13.6 Å². The van der Waals surface area contributed by atoms with Crippen molar-refractivity contribution in [1.29, 1.82) is 0 Å². The second-order valence-corrected chi connectivity index (χ2v) is 7.86. The van der Waals surface area contributed by atoms with Crippen molar-refractivity contribution in [2.45, 2.75) is 38.3 Å². The number of amides is 2. The zero-order chi connectivity index (χ0) is 22.1. The Labute approximate surface area is 179 Å².